The molecule has 0 spiro atoms. The van der Waals surface area contributed by atoms with Gasteiger partial charge in [0.1, 0.15) is 0 Å². The number of likely N-dealkylation sites (N-methyl/N-ethyl adjacent to an activating group) is 1. The van der Waals surface area contributed by atoms with Crippen LogP contribution in [-0.4, -0.2) is 47.5 Å². The average molecular weight is 293 g/mol. The van der Waals surface area contributed by atoms with Gasteiger partial charge in [-0.3, -0.25) is 14.9 Å². The monoisotopic (exact) mass is 293 g/mol. The summed E-state index contributed by atoms with van der Waals surface area (Å²) in [5.74, 6) is 0.0545. The highest BCUT2D eigenvalue weighted by molar-refractivity contribution is 5.81. The zero-order chi connectivity index (χ0) is 15.4. The molecule has 2 rings (SSSR count). The van der Waals surface area contributed by atoms with Crippen LogP contribution >= 0.6 is 0 Å². The van der Waals surface area contributed by atoms with Crippen molar-refractivity contribution in [1.29, 1.82) is 0 Å². The molecule has 1 saturated heterocycles. The Morgan fingerprint density at radius 3 is 2.67 bits per heavy atom. The maximum absolute atomic E-state index is 12.1. The summed E-state index contributed by atoms with van der Waals surface area (Å²) in [5, 5.41) is 20.1. The lowest BCUT2D eigenvalue weighted by Gasteiger charge is -2.23. The number of aliphatic hydroxyl groups excluding tert-OH is 1. The number of carbonyl (C=O) groups is 1. The van der Waals surface area contributed by atoms with Gasteiger partial charge in [0.05, 0.1) is 23.6 Å². The van der Waals surface area contributed by atoms with Gasteiger partial charge >= 0.3 is 0 Å². The molecular formula is C14H19N3O4. The molecule has 1 N–H and O–H groups in total. The van der Waals surface area contributed by atoms with Crippen LogP contribution in [0.15, 0.2) is 18.2 Å². The second kappa shape index (κ2) is 6.53. The standard InChI is InChI=1S/C14H19N3O4/c1-15(9-14(19)16-6-2-3-7-16)12-4-5-13(17(20)21)11(8-12)10-18/h4-5,8,18H,2-3,6-7,9-10H2,1H3. The van der Waals surface area contributed by atoms with E-state index >= 15 is 0 Å². The molecule has 1 fully saturated rings. The fraction of sp³-hybridized carbons (Fsp3) is 0.500. The number of anilines is 1. The van der Waals surface area contributed by atoms with E-state index in [1.165, 1.54) is 6.07 Å². The number of aliphatic hydroxyl groups is 1. The number of likely N-dealkylation sites (tertiary alicyclic amines) is 1. The third-order valence-electron chi connectivity index (χ3n) is 3.70. The van der Waals surface area contributed by atoms with Gasteiger partial charge in [-0.2, -0.15) is 0 Å². The van der Waals surface area contributed by atoms with Gasteiger partial charge in [0, 0.05) is 31.9 Å². The van der Waals surface area contributed by atoms with Crippen LogP contribution in [0.2, 0.25) is 0 Å². The molecule has 0 atom stereocenters. The Labute approximate surface area is 122 Å². The van der Waals surface area contributed by atoms with Gasteiger partial charge in [-0.25, -0.2) is 0 Å². The number of nitrogens with zero attached hydrogens (tertiary/aromatic N) is 3. The predicted molar refractivity (Wildman–Crippen MR) is 78.1 cm³/mol. The number of hydrogen-bond donors (Lipinski definition) is 1. The van der Waals surface area contributed by atoms with Crippen LogP contribution in [-0.2, 0) is 11.4 Å². The number of hydrogen-bond acceptors (Lipinski definition) is 5. The summed E-state index contributed by atoms with van der Waals surface area (Å²) < 4.78 is 0. The number of carbonyl (C=O) groups excluding carboxylic acids is 1. The summed E-state index contributed by atoms with van der Waals surface area (Å²) >= 11 is 0. The van der Waals surface area contributed by atoms with E-state index in [2.05, 4.69) is 0 Å². The molecule has 0 saturated carbocycles. The van der Waals surface area contributed by atoms with E-state index in [1.54, 1.807) is 24.1 Å². The summed E-state index contributed by atoms with van der Waals surface area (Å²) in [7, 11) is 1.76. The van der Waals surface area contributed by atoms with E-state index in [4.69, 9.17) is 0 Å². The largest absolute Gasteiger partial charge is 0.391 e. The third kappa shape index (κ3) is 3.49. The molecule has 7 heteroatoms. The Bertz CT molecular complexity index is 541. The van der Waals surface area contributed by atoms with Crippen molar-refractivity contribution in [2.75, 3.05) is 31.6 Å². The average Bonchev–Trinajstić information content (AvgIpc) is 3.00. The van der Waals surface area contributed by atoms with Gasteiger partial charge in [0.15, 0.2) is 0 Å². The molecule has 1 heterocycles. The molecule has 0 unspecified atom stereocenters. The zero-order valence-electron chi connectivity index (χ0n) is 12.0. The minimum Gasteiger partial charge on any atom is -0.391 e. The first kappa shape index (κ1) is 15.2. The van der Waals surface area contributed by atoms with Gasteiger partial charge < -0.3 is 14.9 Å². The second-order valence-corrected chi connectivity index (χ2v) is 5.17. The summed E-state index contributed by atoms with van der Waals surface area (Å²) in [4.78, 5) is 26.0. The van der Waals surface area contributed by atoms with Crippen LogP contribution in [0.3, 0.4) is 0 Å². The SMILES string of the molecule is CN(CC(=O)N1CCCC1)c1ccc([N+](=O)[O-])c(CO)c1. The van der Waals surface area contributed by atoms with Crippen molar-refractivity contribution in [3.63, 3.8) is 0 Å². The minimum atomic E-state index is -0.523. The highest BCUT2D eigenvalue weighted by atomic mass is 16.6. The van der Waals surface area contributed by atoms with Gasteiger partial charge in [0.2, 0.25) is 5.91 Å². The van der Waals surface area contributed by atoms with Crippen molar-refractivity contribution < 1.29 is 14.8 Å². The quantitative estimate of drug-likeness (QED) is 0.650. The fourth-order valence-electron chi connectivity index (χ4n) is 2.47. The molecule has 0 bridgehead atoms. The van der Waals surface area contributed by atoms with Crippen LogP contribution in [0.4, 0.5) is 11.4 Å². The molecule has 0 aliphatic carbocycles. The van der Waals surface area contributed by atoms with Crippen LogP contribution in [0.25, 0.3) is 0 Å². The summed E-state index contributed by atoms with van der Waals surface area (Å²) in [6, 6.07) is 4.50. The molecule has 114 valence electrons. The Balaban J connectivity index is 2.09. The first-order valence-corrected chi connectivity index (χ1v) is 6.90. The summed E-state index contributed by atoms with van der Waals surface area (Å²) in [6.07, 6.45) is 2.09. The van der Waals surface area contributed by atoms with Crippen molar-refractivity contribution in [1.82, 2.24) is 4.90 Å². The molecule has 0 radical (unpaired) electrons. The lowest BCUT2D eigenvalue weighted by Crippen LogP contribution is -2.37. The van der Waals surface area contributed by atoms with Gasteiger partial charge in [-0.1, -0.05) is 0 Å². The Morgan fingerprint density at radius 1 is 1.43 bits per heavy atom. The van der Waals surface area contributed by atoms with E-state index in [0.29, 0.717) is 5.69 Å². The zero-order valence-corrected chi connectivity index (χ0v) is 12.0. The van der Waals surface area contributed by atoms with Crippen molar-refractivity contribution in [3.05, 3.63) is 33.9 Å². The Hall–Kier alpha value is -2.15. The highest BCUT2D eigenvalue weighted by Crippen LogP contribution is 2.24. The lowest BCUT2D eigenvalue weighted by atomic mass is 10.1. The molecule has 21 heavy (non-hydrogen) atoms. The number of nitro groups is 1. The molecule has 1 aliphatic heterocycles. The normalized spacial score (nSPS) is 14.3. The van der Waals surface area contributed by atoms with E-state index < -0.39 is 11.5 Å². The van der Waals surface area contributed by atoms with E-state index in [0.717, 1.165) is 25.9 Å². The Morgan fingerprint density at radius 2 is 2.10 bits per heavy atom. The Kier molecular flexibility index (Phi) is 4.74. The number of rotatable bonds is 5. The molecular weight excluding hydrogens is 274 g/mol. The molecule has 1 aromatic rings. The molecule has 1 amide bonds. The van der Waals surface area contributed by atoms with Crippen LogP contribution in [0.1, 0.15) is 18.4 Å². The van der Waals surface area contributed by atoms with E-state index in [-0.39, 0.29) is 23.7 Å². The van der Waals surface area contributed by atoms with Crippen molar-refractivity contribution >= 4 is 17.3 Å². The number of nitro benzene ring substituents is 1. The van der Waals surface area contributed by atoms with Crippen LogP contribution < -0.4 is 4.90 Å². The lowest BCUT2D eigenvalue weighted by molar-refractivity contribution is -0.385. The molecule has 1 aromatic carbocycles. The summed E-state index contributed by atoms with van der Waals surface area (Å²) in [6.45, 7) is 1.42. The van der Waals surface area contributed by atoms with Crippen molar-refractivity contribution in [2.45, 2.75) is 19.4 Å². The first-order valence-electron chi connectivity index (χ1n) is 6.90. The maximum atomic E-state index is 12.1. The second-order valence-electron chi connectivity index (χ2n) is 5.17. The maximum Gasteiger partial charge on any atom is 0.275 e. The van der Waals surface area contributed by atoms with Gasteiger partial charge in [0.25, 0.3) is 5.69 Å². The van der Waals surface area contributed by atoms with Crippen molar-refractivity contribution in [2.24, 2.45) is 0 Å². The van der Waals surface area contributed by atoms with E-state index in [9.17, 15) is 20.0 Å². The predicted octanol–water partition coefficient (Wildman–Crippen LogP) is 1.15. The van der Waals surface area contributed by atoms with Crippen molar-refractivity contribution in [3.8, 4) is 0 Å². The molecule has 7 nitrogen and oxygen atoms in total. The summed E-state index contributed by atoms with van der Waals surface area (Å²) in [5.41, 5.74) is 0.815. The molecule has 1 aliphatic rings. The number of benzene rings is 1. The van der Waals surface area contributed by atoms with Gasteiger partial charge in [-0.05, 0) is 25.0 Å². The minimum absolute atomic E-state index is 0.0545. The first-order chi connectivity index (χ1) is 10.0. The molecule has 0 aromatic heterocycles. The van der Waals surface area contributed by atoms with Gasteiger partial charge in [-0.15, -0.1) is 0 Å². The van der Waals surface area contributed by atoms with Crippen LogP contribution in [0, 0.1) is 10.1 Å². The number of amides is 1. The topological polar surface area (TPSA) is 86.9 Å². The highest BCUT2D eigenvalue weighted by Gasteiger charge is 2.20. The van der Waals surface area contributed by atoms with Crippen LogP contribution in [0.5, 0.6) is 0 Å². The smallest absolute Gasteiger partial charge is 0.275 e. The fourth-order valence-corrected chi connectivity index (χ4v) is 2.47. The van der Waals surface area contributed by atoms with E-state index in [1.807, 2.05) is 4.90 Å². The third-order valence-corrected chi connectivity index (χ3v) is 3.70.